The highest BCUT2D eigenvalue weighted by Gasteiger charge is 2.40. The lowest BCUT2D eigenvalue weighted by atomic mass is 9.73. The molecule has 3 rings (SSSR count). The average Bonchev–Trinajstić information content (AvgIpc) is 2.66. The summed E-state index contributed by atoms with van der Waals surface area (Å²) in [5.41, 5.74) is 6.72. The van der Waals surface area contributed by atoms with Crippen LogP contribution in [0, 0.1) is 11.8 Å². The van der Waals surface area contributed by atoms with Crippen LogP contribution in [0.1, 0.15) is 55.8 Å². The van der Waals surface area contributed by atoms with Gasteiger partial charge in [0.15, 0.2) is 0 Å². The van der Waals surface area contributed by atoms with Crippen molar-refractivity contribution in [3.05, 3.63) is 35.9 Å². The number of amides is 2. The minimum atomic E-state index is -0.385. The maximum atomic E-state index is 13.0. The number of hydrogen-bond acceptors (Lipinski definition) is 3. The van der Waals surface area contributed by atoms with Crippen LogP contribution in [0.5, 0.6) is 0 Å². The number of hydrogen-bond donors (Lipinski definition) is 2. The summed E-state index contributed by atoms with van der Waals surface area (Å²) in [7, 11) is 0. The molecule has 3 atom stereocenters. The standard InChI is InChI=1S/C21H31N3O2/c1-21(22)12-6-5-11-18(21)20(26)24-13-7-8-16(15-24)14-23-19(25)17-9-3-2-4-10-17/h2-4,9-10,16,18H,5-8,11-15,22H2,1H3,(H,23,25). The summed E-state index contributed by atoms with van der Waals surface area (Å²) in [6.45, 7) is 4.17. The van der Waals surface area contributed by atoms with E-state index in [9.17, 15) is 9.59 Å². The minimum Gasteiger partial charge on any atom is -0.352 e. The largest absolute Gasteiger partial charge is 0.352 e. The van der Waals surface area contributed by atoms with Gasteiger partial charge in [-0.25, -0.2) is 0 Å². The Morgan fingerprint density at radius 1 is 1.19 bits per heavy atom. The van der Waals surface area contributed by atoms with E-state index >= 15 is 0 Å². The summed E-state index contributed by atoms with van der Waals surface area (Å²) >= 11 is 0. The predicted molar refractivity (Wildman–Crippen MR) is 103 cm³/mol. The van der Waals surface area contributed by atoms with Crippen LogP contribution < -0.4 is 11.1 Å². The lowest BCUT2D eigenvalue weighted by Crippen LogP contribution is -2.55. The summed E-state index contributed by atoms with van der Waals surface area (Å²) in [6, 6.07) is 9.26. The predicted octanol–water partition coefficient (Wildman–Crippen LogP) is 2.56. The van der Waals surface area contributed by atoms with Crippen LogP contribution in [0.25, 0.3) is 0 Å². The zero-order valence-corrected chi connectivity index (χ0v) is 15.7. The Morgan fingerprint density at radius 2 is 1.96 bits per heavy atom. The van der Waals surface area contributed by atoms with Crippen LogP contribution in [0.2, 0.25) is 0 Å². The number of likely N-dealkylation sites (tertiary alicyclic amines) is 1. The third-order valence-electron chi connectivity index (χ3n) is 5.97. The first-order valence-corrected chi connectivity index (χ1v) is 9.88. The van der Waals surface area contributed by atoms with Crippen LogP contribution >= 0.6 is 0 Å². The fraction of sp³-hybridized carbons (Fsp3) is 0.619. The van der Waals surface area contributed by atoms with Gasteiger partial charge in [-0.1, -0.05) is 31.0 Å². The van der Waals surface area contributed by atoms with Crippen molar-refractivity contribution >= 4 is 11.8 Å². The molecule has 1 aromatic carbocycles. The van der Waals surface area contributed by atoms with Crippen LogP contribution in [0.4, 0.5) is 0 Å². The van der Waals surface area contributed by atoms with Crippen LogP contribution in [0.3, 0.4) is 0 Å². The molecular formula is C21H31N3O2. The van der Waals surface area contributed by atoms with Crippen molar-refractivity contribution in [3.8, 4) is 0 Å². The van der Waals surface area contributed by atoms with E-state index in [1.165, 1.54) is 0 Å². The Balaban J connectivity index is 1.54. The maximum absolute atomic E-state index is 13.0. The van der Waals surface area contributed by atoms with E-state index < -0.39 is 0 Å². The van der Waals surface area contributed by atoms with Crippen LogP contribution in [-0.2, 0) is 4.79 Å². The van der Waals surface area contributed by atoms with Crippen molar-refractivity contribution in [2.75, 3.05) is 19.6 Å². The number of nitrogens with zero attached hydrogens (tertiary/aromatic N) is 1. The van der Waals surface area contributed by atoms with E-state index in [-0.39, 0.29) is 23.3 Å². The van der Waals surface area contributed by atoms with Gasteiger partial charge in [0.2, 0.25) is 5.91 Å². The highest BCUT2D eigenvalue weighted by atomic mass is 16.2. The van der Waals surface area contributed by atoms with Gasteiger partial charge in [-0.05, 0) is 50.7 Å². The maximum Gasteiger partial charge on any atom is 0.251 e. The molecule has 5 nitrogen and oxygen atoms in total. The fourth-order valence-electron chi connectivity index (χ4n) is 4.34. The second-order valence-corrected chi connectivity index (χ2v) is 8.17. The second-order valence-electron chi connectivity index (χ2n) is 8.17. The highest BCUT2D eigenvalue weighted by Crippen LogP contribution is 2.33. The molecule has 2 aliphatic rings. The molecule has 1 aliphatic carbocycles. The Kier molecular flexibility index (Phi) is 5.97. The molecule has 1 saturated heterocycles. The molecule has 0 radical (unpaired) electrons. The molecule has 2 fully saturated rings. The Hall–Kier alpha value is -1.88. The van der Waals surface area contributed by atoms with Crippen molar-refractivity contribution < 1.29 is 9.59 Å². The number of carbonyl (C=O) groups excluding carboxylic acids is 2. The third-order valence-corrected chi connectivity index (χ3v) is 5.97. The highest BCUT2D eigenvalue weighted by molar-refractivity contribution is 5.94. The van der Waals surface area contributed by atoms with Gasteiger partial charge in [0.25, 0.3) is 5.91 Å². The molecular weight excluding hydrogens is 326 g/mol. The van der Waals surface area contributed by atoms with Gasteiger partial charge in [-0.15, -0.1) is 0 Å². The fourth-order valence-corrected chi connectivity index (χ4v) is 4.34. The second kappa shape index (κ2) is 8.21. The van der Waals surface area contributed by atoms with E-state index in [4.69, 9.17) is 5.73 Å². The minimum absolute atomic E-state index is 0.0455. The summed E-state index contributed by atoms with van der Waals surface area (Å²) in [6.07, 6.45) is 6.07. The molecule has 142 valence electrons. The van der Waals surface area contributed by atoms with Gasteiger partial charge in [-0.3, -0.25) is 9.59 Å². The lowest BCUT2D eigenvalue weighted by molar-refractivity contribution is -0.140. The quantitative estimate of drug-likeness (QED) is 0.869. The molecule has 1 aliphatic heterocycles. The zero-order chi connectivity index (χ0) is 18.6. The molecule has 26 heavy (non-hydrogen) atoms. The van der Waals surface area contributed by atoms with Gasteiger partial charge < -0.3 is 16.0 Å². The van der Waals surface area contributed by atoms with Gasteiger partial charge in [0.05, 0.1) is 5.92 Å². The summed E-state index contributed by atoms with van der Waals surface area (Å²) < 4.78 is 0. The number of benzene rings is 1. The number of piperidine rings is 1. The molecule has 0 aromatic heterocycles. The first kappa shape index (κ1) is 18.9. The third kappa shape index (κ3) is 4.44. The Bertz CT molecular complexity index is 629. The molecule has 1 saturated carbocycles. The Labute approximate surface area is 156 Å². The molecule has 0 bridgehead atoms. The van der Waals surface area contributed by atoms with E-state index in [0.717, 1.165) is 51.6 Å². The smallest absolute Gasteiger partial charge is 0.251 e. The van der Waals surface area contributed by atoms with E-state index in [2.05, 4.69) is 5.32 Å². The normalized spacial score (nSPS) is 29.2. The zero-order valence-electron chi connectivity index (χ0n) is 15.7. The van der Waals surface area contributed by atoms with Crippen molar-refractivity contribution in [1.82, 2.24) is 10.2 Å². The molecule has 1 heterocycles. The molecule has 3 N–H and O–H groups in total. The van der Waals surface area contributed by atoms with Gasteiger partial charge in [-0.2, -0.15) is 0 Å². The number of nitrogens with two attached hydrogens (primary N) is 1. The van der Waals surface area contributed by atoms with E-state index in [1.807, 2.05) is 42.2 Å². The number of nitrogens with one attached hydrogen (secondary N) is 1. The van der Waals surface area contributed by atoms with Crippen LogP contribution in [-0.4, -0.2) is 41.9 Å². The van der Waals surface area contributed by atoms with Crippen molar-refractivity contribution in [1.29, 1.82) is 0 Å². The molecule has 2 amide bonds. The van der Waals surface area contributed by atoms with Gasteiger partial charge >= 0.3 is 0 Å². The summed E-state index contributed by atoms with van der Waals surface area (Å²) in [4.78, 5) is 27.2. The van der Waals surface area contributed by atoms with E-state index in [1.54, 1.807) is 0 Å². The van der Waals surface area contributed by atoms with Gasteiger partial charge in [0.1, 0.15) is 0 Å². The summed E-state index contributed by atoms with van der Waals surface area (Å²) in [5, 5.41) is 3.02. The molecule has 3 unspecified atom stereocenters. The van der Waals surface area contributed by atoms with Crippen molar-refractivity contribution in [2.45, 2.75) is 51.0 Å². The lowest BCUT2D eigenvalue weighted by Gasteiger charge is -2.42. The van der Waals surface area contributed by atoms with Crippen molar-refractivity contribution in [3.63, 3.8) is 0 Å². The first-order valence-electron chi connectivity index (χ1n) is 9.88. The van der Waals surface area contributed by atoms with E-state index in [0.29, 0.717) is 18.0 Å². The summed E-state index contributed by atoms with van der Waals surface area (Å²) in [5.74, 6) is 0.423. The Morgan fingerprint density at radius 3 is 2.69 bits per heavy atom. The number of rotatable bonds is 4. The SMILES string of the molecule is CC1(N)CCCCC1C(=O)N1CCCC(CNC(=O)c2ccccc2)C1. The van der Waals surface area contributed by atoms with Gasteiger partial charge in [0, 0.05) is 30.7 Å². The molecule has 5 heteroatoms. The number of carbonyl (C=O) groups is 2. The molecule has 0 spiro atoms. The average molecular weight is 357 g/mol. The van der Waals surface area contributed by atoms with Crippen molar-refractivity contribution in [2.24, 2.45) is 17.6 Å². The first-order chi connectivity index (χ1) is 12.5. The molecule has 1 aromatic rings. The van der Waals surface area contributed by atoms with Crippen LogP contribution in [0.15, 0.2) is 30.3 Å². The monoisotopic (exact) mass is 357 g/mol. The topological polar surface area (TPSA) is 75.4 Å².